The third kappa shape index (κ3) is 4.96. The summed E-state index contributed by atoms with van der Waals surface area (Å²) in [6, 6.07) is 9.54. The van der Waals surface area contributed by atoms with Gasteiger partial charge in [-0.25, -0.2) is 0 Å². The monoisotopic (exact) mass is 357 g/mol. The first-order chi connectivity index (χ1) is 12.1. The molecular formula is C19H23N3O2S. The van der Waals surface area contributed by atoms with E-state index in [-0.39, 0.29) is 11.7 Å². The van der Waals surface area contributed by atoms with E-state index in [1.54, 1.807) is 12.3 Å². The number of benzene rings is 1. The van der Waals surface area contributed by atoms with Crippen LogP contribution in [0.25, 0.3) is 0 Å². The van der Waals surface area contributed by atoms with Gasteiger partial charge in [-0.2, -0.15) is 11.8 Å². The Labute approximate surface area is 152 Å². The number of nitrogens with zero attached hydrogens (tertiary/aromatic N) is 1. The predicted molar refractivity (Wildman–Crippen MR) is 103 cm³/mol. The highest BCUT2D eigenvalue weighted by molar-refractivity contribution is 7.99. The van der Waals surface area contributed by atoms with Crippen LogP contribution in [-0.2, 0) is 6.42 Å². The molecule has 1 aliphatic heterocycles. The van der Waals surface area contributed by atoms with Crippen LogP contribution in [-0.4, -0.2) is 52.7 Å². The number of aromatic nitrogens is 1. The van der Waals surface area contributed by atoms with Gasteiger partial charge in [0.1, 0.15) is 5.69 Å². The Hall–Kier alpha value is -2.05. The number of hydrogen-bond donors (Lipinski definition) is 2. The third-order valence-corrected chi connectivity index (χ3v) is 5.31. The number of carbonyl (C=O) groups is 2. The Morgan fingerprint density at radius 3 is 2.56 bits per heavy atom. The highest BCUT2D eigenvalue weighted by atomic mass is 32.2. The normalized spacial score (nSPS) is 15.1. The van der Waals surface area contributed by atoms with Crippen molar-refractivity contribution >= 4 is 29.1 Å². The number of carbonyl (C=O) groups excluding carboxylic acids is 2. The van der Waals surface area contributed by atoms with E-state index in [9.17, 15) is 9.59 Å². The molecule has 1 saturated heterocycles. The number of rotatable bonds is 6. The first-order valence-electron chi connectivity index (χ1n) is 8.51. The lowest BCUT2D eigenvalue weighted by Gasteiger charge is -2.26. The molecule has 1 fully saturated rings. The van der Waals surface area contributed by atoms with Gasteiger partial charge in [-0.15, -0.1) is 0 Å². The number of nitrogens with one attached hydrogen (secondary N) is 2. The van der Waals surface area contributed by atoms with Crippen LogP contribution in [0.1, 0.15) is 33.3 Å². The summed E-state index contributed by atoms with van der Waals surface area (Å²) in [6.07, 6.45) is 2.58. The minimum atomic E-state index is -0.244. The van der Waals surface area contributed by atoms with E-state index in [4.69, 9.17) is 0 Å². The Morgan fingerprint density at radius 2 is 1.92 bits per heavy atom. The van der Waals surface area contributed by atoms with Gasteiger partial charge in [-0.05, 0) is 37.1 Å². The summed E-state index contributed by atoms with van der Waals surface area (Å²) in [5, 5.41) is 2.85. The van der Waals surface area contributed by atoms with E-state index in [0.29, 0.717) is 11.3 Å². The van der Waals surface area contributed by atoms with Crippen molar-refractivity contribution in [2.75, 3.05) is 36.5 Å². The number of H-pyrrole nitrogens is 1. The molecule has 0 bridgehead atoms. The van der Waals surface area contributed by atoms with E-state index >= 15 is 0 Å². The number of Topliss-reactive ketones (excluding diaryl/α,β-unsaturated/α-hetero) is 1. The lowest BCUT2D eigenvalue weighted by atomic mass is 10.1. The SMILES string of the molecule is CC(=O)c1c[nH]c(C(=O)Nc2ccc(CCN3CCSCC3)cc2)c1. The molecule has 0 radical (unpaired) electrons. The van der Waals surface area contributed by atoms with Gasteiger partial charge in [0.15, 0.2) is 5.78 Å². The van der Waals surface area contributed by atoms with Crippen molar-refractivity contribution in [1.29, 1.82) is 0 Å². The number of hydrogen-bond acceptors (Lipinski definition) is 4. The van der Waals surface area contributed by atoms with Crippen LogP contribution in [0.15, 0.2) is 36.5 Å². The summed E-state index contributed by atoms with van der Waals surface area (Å²) in [6.45, 7) is 4.92. The average Bonchev–Trinajstić information content (AvgIpc) is 3.13. The number of ketones is 1. The van der Waals surface area contributed by atoms with Gasteiger partial charge in [-0.3, -0.25) is 9.59 Å². The molecule has 0 saturated carbocycles. The maximum Gasteiger partial charge on any atom is 0.272 e. The molecule has 25 heavy (non-hydrogen) atoms. The maximum absolute atomic E-state index is 12.2. The minimum absolute atomic E-state index is 0.0630. The zero-order chi connectivity index (χ0) is 17.6. The Bertz CT molecular complexity index is 733. The van der Waals surface area contributed by atoms with Crippen LogP contribution in [0.5, 0.6) is 0 Å². The Balaban J connectivity index is 1.52. The van der Waals surface area contributed by atoms with Gasteiger partial charge in [-0.1, -0.05) is 12.1 Å². The number of aromatic amines is 1. The van der Waals surface area contributed by atoms with Crippen molar-refractivity contribution in [2.45, 2.75) is 13.3 Å². The zero-order valence-corrected chi connectivity index (χ0v) is 15.2. The second-order valence-electron chi connectivity index (χ2n) is 6.21. The van der Waals surface area contributed by atoms with Gasteiger partial charge < -0.3 is 15.2 Å². The summed E-state index contributed by atoms with van der Waals surface area (Å²) in [5.74, 6) is 2.16. The summed E-state index contributed by atoms with van der Waals surface area (Å²) in [4.78, 5) is 28.8. The lowest BCUT2D eigenvalue weighted by molar-refractivity contribution is 0.101. The molecule has 2 heterocycles. The topological polar surface area (TPSA) is 65.2 Å². The van der Waals surface area contributed by atoms with Crippen molar-refractivity contribution in [3.63, 3.8) is 0 Å². The molecule has 0 aliphatic carbocycles. The second kappa shape index (κ2) is 8.36. The largest absolute Gasteiger partial charge is 0.356 e. The van der Waals surface area contributed by atoms with E-state index in [1.165, 1.54) is 37.1 Å². The molecule has 0 atom stereocenters. The first kappa shape index (κ1) is 17.8. The molecule has 6 heteroatoms. The van der Waals surface area contributed by atoms with Crippen molar-refractivity contribution < 1.29 is 9.59 Å². The molecule has 2 aromatic rings. The summed E-state index contributed by atoms with van der Waals surface area (Å²) < 4.78 is 0. The molecule has 1 amide bonds. The summed E-state index contributed by atoms with van der Waals surface area (Å²) >= 11 is 2.03. The zero-order valence-electron chi connectivity index (χ0n) is 14.4. The number of anilines is 1. The molecule has 1 aromatic carbocycles. The molecule has 1 aliphatic rings. The predicted octanol–water partition coefficient (Wildman–Crippen LogP) is 3.06. The van der Waals surface area contributed by atoms with Crippen molar-refractivity contribution in [3.8, 4) is 0 Å². The Kier molecular flexibility index (Phi) is 5.94. The van der Waals surface area contributed by atoms with Crippen LogP contribution in [0.4, 0.5) is 5.69 Å². The van der Waals surface area contributed by atoms with Crippen LogP contribution in [0.3, 0.4) is 0 Å². The molecule has 3 rings (SSSR count). The summed E-state index contributed by atoms with van der Waals surface area (Å²) in [7, 11) is 0. The van der Waals surface area contributed by atoms with Crippen LogP contribution in [0.2, 0.25) is 0 Å². The van der Waals surface area contributed by atoms with Crippen molar-refractivity contribution in [2.24, 2.45) is 0 Å². The van der Waals surface area contributed by atoms with E-state index in [2.05, 4.69) is 27.3 Å². The molecule has 0 spiro atoms. The number of thioether (sulfide) groups is 1. The lowest BCUT2D eigenvalue weighted by Crippen LogP contribution is -2.34. The average molecular weight is 357 g/mol. The second-order valence-corrected chi connectivity index (χ2v) is 7.44. The maximum atomic E-state index is 12.2. The van der Waals surface area contributed by atoms with E-state index in [0.717, 1.165) is 18.7 Å². The van der Waals surface area contributed by atoms with Gasteiger partial charge in [0, 0.05) is 48.6 Å². The van der Waals surface area contributed by atoms with Crippen molar-refractivity contribution in [1.82, 2.24) is 9.88 Å². The van der Waals surface area contributed by atoms with Crippen molar-refractivity contribution in [3.05, 3.63) is 53.3 Å². The van der Waals surface area contributed by atoms with E-state index in [1.807, 2.05) is 23.9 Å². The number of amides is 1. The molecule has 1 aromatic heterocycles. The standard InChI is InChI=1S/C19H23N3O2S/c1-14(23)16-12-18(20-13-16)19(24)21-17-4-2-15(3-5-17)6-7-22-8-10-25-11-9-22/h2-5,12-13,20H,6-11H2,1H3,(H,21,24). The quantitative estimate of drug-likeness (QED) is 0.780. The fourth-order valence-corrected chi connectivity index (χ4v) is 3.77. The molecule has 2 N–H and O–H groups in total. The van der Waals surface area contributed by atoms with Gasteiger partial charge in [0.25, 0.3) is 5.91 Å². The van der Waals surface area contributed by atoms with Crippen LogP contribution < -0.4 is 5.32 Å². The molecule has 132 valence electrons. The smallest absolute Gasteiger partial charge is 0.272 e. The Morgan fingerprint density at radius 1 is 1.20 bits per heavy atom. The minimum Gasteiger partial charge on any atom is -0.356 e. The van der Waals surface area contributed by atoms with E-state index < -0.39 is 0 Å². The van der Waals surface area contributed by atoms with Crippen LogP contribution in [0, 0.1) is 0 Å². The highest BCUT2D eigenvalue weighted by Gasteiger charge is 2.12. The summed E-state index contributed by atoms with van der Waals surface area (Å²) in [5.41, 5.74) is 2.92. The first-order valence-corrected chi connectivity index (χ1v) is 9.67. The van der Waals surface area contributed by atoms with Gasteiger partial charge in [0.05, 0.1) is 0 Å². The molecule has 5 nitrogen and oxygen atoms in total. The van der Waals surface area contributed by atoms with Crippen LogP contribution >= 0.6 is 11.8 Å². The third-order valence-electron chi connectivity index (χ3n) is 4.37. The fraction of sp³-hybridized carbons (Fsp3) is 0.368. The molecule has 0 unspecified atom stereocenters. The fourth-order valence-electron chi connectivity index (χ4n) is 2.79. The van der Waals surface area contributed by atoms with Gasteiger partial charge in [0.2, 0.25) is 0 Å². The molecular weight excluding hydrogens is 334 g/mol. The highest BCUT2D eigenvalue weighted by Crippen LogP contribution is 2.14. The van der Waals surface area contributed by atoms with Gasteiger partial charge >= 0.3 is 0 Å².